The number of benzene rings is 2. The highest BCUT2D eigenvalue weighted by atomic mass is 16.5. The first-order chi connectivity index (χ1) is 15.2. The van der Waals surface area contributed by atoms with Gasteiger partial charge in [0.2, 0.25) is 0 Å². The van der Waals surface area contributed by atoms with Crippen molar-refractivity contribution in [2.24, 2.45) is 0 Å². The van der Waals surface area contributed by atoms with Gasteiger partial charge in [0.1, 0.15) is 17.3 Å². The van der Waals surface area contributed by atoms with Gasteiger partial charge in [-0.15, -0.1) is 0 Å². The van der Waals surface area contributed by atoms with Crippen LogP contribution in [0.2, 0.25) is 0 Å². The van der Waals surface area contributed by atoms with E-state index in [1.807, 2.05) is 13.0 Å². The van der Waals surface area contributed by atoms with E-state index in [1.165, 1.54) is 0 Å². The molecule has 3 aromatic rings. The Bertz CT molecular complexity index is 1260. The molecule has 0 fully saturated rings. The van der Waals surface area contributed by atoms with Gasteiger partial charge in [-0.25, -0.2) is 9.59 Å². The lowest BCUT2D eigenvalue weighted by Gasteiger charge is -2.05. The molecule has 2 aromatic carbocycles. The summed E-state index contributed by atoms with van der Waals surface area (Å²) in [5.41, 5.74) is 3.16. The number of furan rings is 1. The third-order valence-electron chi connectivity index (χ3n) is 4.38. The van der Waals surface area contributed by atoms with Crippen LogP contribution in [0.4, 0.5) is 0 Å². The lowest BCUT2D eigenvalue weighted by molar-refractivity contribution is -0.130. The molecule has 0 unspecified atom stereocenters. The third kappa shape index (κ3) is 5.65. The van der Waals surface area contributed by atoms with Crippen molar-refractivity contribution in [3.05, 3.63) is 95.8 Å². The van der Waals surface area contributed by atoms with E-state index in [4.69, 9.17) is 13.9 Å². The second-order valence-corrected chi connectivity index (χ2v) is 7.25. The predicted octanol–water partition coefficient (Wildman–Crippen LogP) is 5.62. The van der Waals surface area contributed by atoms with E-state index < -0.39 is 11.9 Å². The summed E-state index contributed by atoms with van der Waals surface area (Å²) in [7, 11) is 0. The number of carbonyl (C=O) groups is 2. The number of ether oxygens (including phenoxy) is 2. The molecule has 0 atom stereocenters. The van der Waals surface area contributed by atoms with Crippen molar-refractivity contribution < 1.29 is 23.5 Å². The minimum atomic E-state index is -0.467. The second kappa shape index (κ2) is 9.67. The number of rotatable bonds is 5. The van der Waals surface area contributed by atoms with Crippen LogP contribution in [0.3, 0.4) is 0 Å². The molecule has 1 aromatic heterocycles. The van der Waals surface area contributed by atoms with Crippen molar-refractivity contribution >= 4 is 11.9 Å². The zero-order chi connectivity index (χ0) is 23.3. The fourth-order valence-electron chi connectivity index (χ4n) is 2.60. The molecule has 0 aliphatic carbocycles. The van der Waals surface area contributed by atoms with Gasteiger partial charge in [0, 0.05) is 22.3 Å². The first-order valence-electron chi connectivity index (χ1n) is 9.81. The lowest BCUT2D eigenvalue weighted by Crippen LogP contribution is -2.08. The van der Waals surface area contributed by atoms with Gasteiger partial charge in [-0.3, -0.25) is 0 Å². The van der Waals surface area contributed by atoms with Gasteiger partial charge in [0.25, 0.3) is 0 Å². The summed E-state index contributed by atoms with van der Waals surface area (Å²) in [6.07, 6.45) is 0. The van der Waals surface area contributed by atoms with Crippen molar-refractivity contribution in [1.29, 1.82) is 0 Å². The normalized spacial score (nSPS) is 9.97. The second-order valence-electron chi connectivity index (χ2n) is 7.25. The van der Waals surface area contributed by atoms with Crippen molar-refractivity contribution in [3.63, 3.8) is 0 Å². The van der Waals surface area contributed by atoms with E-state index in [9.17, 15) is 9.59 Å². The van der Waals surface area contributed by atoms with Gasteiger partial charge in [-0.1, -0.05) is 19.1 Å². The Hall–Kier alpha value is -4.30. The molecule has 0 aliphatic rings. The van der Waals surface area contributed by atoms with Crippen LogP contribution in [0, 0.1) is 18.8 Å². The molecule has 0 radical (unpaired) electrons. The molecule has 1 heterocycles. The molecule has 0 saturated carbocycles. The Balaban J connectivity index is 1.71. The van der Waals surface area contributed by atoms with Crippen LogP contribution in [0.25, 0.3) is 11.3 Å². The highest BCUT2D eigenvalue weighted by molar-refractivity contribution is 5.89. The molecule has 0 N–H and O–H groups in total. The minimum Gasteiger partial charge on any atom is -0.448 e. The SMILES string of the molecule is C=C(C)C(=O)Oc1ccc(-c2ccc(C#Cc3ccc(OC(=O)C(=C)C)cc3C)o2)cc1. The standard InChI is InChI=1S/C27H22O5/c1-17(2)26(28)31-23-11-8-21(9-12-23)25-15-14-22(30-25)10-6-20-7-13-24(16-19(20)5)32-27(29)18(3)4/h7-9,11-16H,1,3H2,2,4-5H3. The van der Waals surface area contributed by atoms with Gasteiger partial charge >= 0.3 is 11.9 Å². The van der Waals surface area contributed by atoms with Gasteiger partial charge in [-0.2, -0.15) is 0 Å². The van der Waals surface area contributed by atoms with Crippen LogP contribution in [0.1, 0.15) is 30.7 Å². The van der Waals surface area contributed by atoms with E-state index in [-0.39, 0.29) is 0 Å². The first-order valence-corrected chi connectivity index (χ1v) is 9.81. The number of aryl methyl sites for hydroxylation is 1. The molecule has 160 valence electrons. The summed E-state index contributed by atoms with van der Waals surface area (Å²) in [6, 6.07) is 15.8. The van der Waals surface area contributed by atoms with Crippen molar-refractivity contribution in [2.75, 3.05) is 0 Å². The maximum absolute atomic E-state index is 11.6. The summed E-state index contributed by atoms with van der Waals surface area (Å²) in [6.45, 7) is 12.2. The van der Waals surface area contributed by atoms with Crippen LogP contribution < -0.4 is 9.47 Å². The van der Waals surface area contributed by atoms with E-state index in [2.05, 4.69) is 25.0 Å². The van der Waals surface area contributed by atoms with Gasteiger partial charge in [0.05, 0.1) is 0 Å². The number of carbonyl (C=O) groups excluding carboxylic acids is 2. The zero-order valence-electron chi connectivity index (χ0n) is 18.2. The molecule has 5 heteroatoms. The van der Waals surface area contributed by atoms with Crippen molar-refractivity contribution in [2.45, 2.75) is 20.8 Å². The zero-order valence-corrected chi connectivity index (χ0v) is 18.2. The van der Waals surface area contributed by atoms with Crippen LogP contribution >= 0.6 is 0 Å². The third-order valence-corrected chi connectivity index (χ3v) is 4.38. The van der Waals surface area contributed by atoms with E-state index in [1.54, 1.807) is 62.4 Å². The summed E-state index contributed by atoms with van der Waals surface area (Å²) in [5.74, 6) is 7.17. The molecule has 0 amide bonds. The van der Waals surface area contributed by atoms with Gasteiger partial charge in [0.15, 0.2) is 5.76 Å². The molecular weight excluding hydrogens is 404 g/mol. The fourth-order valence-corrected chi connectivity index (χ4v) is 2.60. The first kappa shape index (κ1) is 22.4. The molecule has 3 rings (SSSR count). The molecule has 0 spiro atoms. The Kier molecular flexibility index (Phi) is 6.77. The average molecular weight is 426 g/mol. The average Bonchev–Trinajstić information content (AvgIpc) is 3.22. The van der Waals surface area contributed by atoms with Crippen LogP contribution in [0.5, 0.6) is 11.5 Å². The Morgan fingerprint density at radius 3 is 2.00 bits per heavy atom. The Labute approximate surface area is 187 Å². The summed E-state index contributed by atoms with van der Waals surface area (Å²) < 4.78 is 16.2. The number of hydrogen-bond acceptors (Lipinski definition) is 5. The van der Waals surface area contributed by atoms with E-state index >= 15 is 0 Å². The van der Waals surface area contributed by atoms with E-state index in [0.717, 1.165) is 16.7 Å². The fraction of sp³-hybridized carbons (Fsp3) is 0.111. The topological polar surface area (TPSA) is 65.7 Å². The molecular formula is C27H22O5. The Morgan fingerprint density at radius 1 is 0.812 bits per heavy atom. The Morgan fingerprint density at radius 2 is 1.41 bits per heavy atom. The lowest BCUT2D eigenvalue weighted by atomic mass is 10.1. The van der Waals surface area contributed by atoms with Gasteiger partial charge in [-0.05, 0) is 86.9 Å². The maximum Gasteiger partial charge on any atom is 0.338 e. The quantitative estimate of drug-likeness (QED) is 0.229. The predicted molar refractivity (Wildman–Crippen MR) is 122 cm³/mol. The highest BCUT2D eigenvalue weighted by Crippen LogP contribution is 2.25. The van der Waals surface area contributed by atoms with Crippen molar-refractivity contribution in [3.8, 4) is 34.7 Å². The van der Waals surface area contributed by atoms with Crippen LogP contribution in [-0.2, 0) is 9.59 Å². The number of hydrogen-bond donors (Lipinski definition) is 0. The molecule has 5 nitrogen and oxygen atoms in total. The molecule has 0 aliphatic heterocycles. The molecule has 32 heavy (non-hydrogen) atoms. The summed E-state index contributed by atoms with van der Waals surface area (Å²) in [4.78, 5) is 23.2. The largest absolute Gasteiger partial charge is 0.448 e. The van der Waals surface area contributed by atoms with Gasteiger partial charge < -0.3 is 13.9 Å². The highest BCUT2D eigenvalue weighted by Gasteiger charge is 2.08. The smallest absolute Gasteiger partial charge is 0.338 e. The summed E-state index contributed by atoms with van der Waals surface area (Å²) in [5, 5.41) is 0. The van der Waals surface area contributed by atoms with E-state index in [0.29, 0.717) is 34.2 Å². The molecule has 0 saturated heterocycles. The van der Waals surface area contributed by atoms with Crippen molar-refractivity contribution in [1.82, 2.24) is 0 Å². The van der Waals surface area contributed by atoms with Crippen LogP contribution in [0.15, 0.2) is 83.3 Å². The number of esters is 2. The minimum absolute atomic E-state index is 0.334. The maximum atomic E-state index is 11.6. The van der Waals surface area contributed by atoms with Crippen LogP contribution in [-0.4, -0.2) is 11.9 Å². The molecule has 0 bridgehead atoms. The monoisotopic (exact) mass is 426 g/mol. The summed E-state index contributed by atoms with van der Waals surface area (Å²) >= 11 is 0.